The lowest BCUT2D eigenvalue weighted by molar-refractivity contribution is -0.121. The average molecular weight is 236 g/mol. The van der Waals surface area contributed by atoms with Crippen molar-refractivity contribution >= 4 is 5.91 Å². The van der Waals surface area contributed by atoms with E-state index in [1.54, 1.807) is 0 Å². The maximum absolute atomic E-state index is 11.3. The van der Waals surface area contributed by atoms with Gasteiger partial charge in [-0.1, -0.05) is 18.2 Å². The van der Waals surface area contributed by atoms with Crippen molar-refractivity contribution in [2.45, 2.75) is 19.8 Å². The number of para-hydroxylation sites is 1. The Morgan fingerprint density at radius 2 is 2.18 bits per heavy atom. The van der Waals surface area contributed by atoms with Gasteiger partial charge in [-0.15, -0.1) is 0 Å². The fourth-order valence-corrected chi connectivity index (χ4v) is 1.43. The molecule has 94 valence electrons. The summed E-state index contributed by atoms with van der Waals surface area (Å²) in [6.07, 6.45) is 1.19. The molecule has 0 radical (unpaired) electrons. The van der Waals surface area contributed by atoms with Crippen molar-refractivity contribution in [2.75, 3.05) is 19.7 Å². The van der Waals surface area contributed by atoms with Crippen LogP contribution in [-0.4, -0.2) is 25.6 Å². The Balaban J connectivity index is 2.16. The second-order valence-electron chi connectivity index (χ2n) is 3.86. The molecule has 3 N–H and O–H groups in total. The van der Waals surface area contributed by atoms with Gasteiger partial charge in [0.05, 0.1) is 6.61 Å². The molecule has 4 heteroatoms. The van der Waals surface area contributed by atoms with Crippen molar-refractivity contribution in [1.29, 1.82) is 0 Å². The van der Waals surface area contributed by atoms with Crippen LogP contribution in [0.15, 0.2) is 24.3 Å². The van der Waals surface area contributed by atoms with E-state index in [0.717, 1.165) is 11.3 Å². The molecule has 0 unspecified atom stereocenters. The highest BCUT2D eigenvalue weighted by molar-refractivity contribution is 5.75. The van der Waals surface area contributed by atoms with Crippen LogP contribution in [0.3, 0.4) is 0 Å². The summed E-state index contributed by atoms with van der Waals surface area (Å²) in [4.78, 5) is 11.3. The molecule has 0 aliphatic rings. The third-order valence-corrected chi connectivity index (χ3v) is 2.37. The van der Waals surface area contributed by atoms with Gasteiger partial charge in [0.2, 0.25) is 5.91 Å². The number of aryl methyl sites for hydroxylation is 1. The molecule has 0 saturated heterocycles. The summed E-state index contributed by atoms with van der Waals surface area (Å²) in [5.74, 6) is 0.915. The topological polar surface area (TPSA) is 64.3 Å². The van der Waals surface area contributed by atoms with Gasteiger partial charge in [0.1, 0.15) is 5.75 Å². The Morgan fingerprint density at radius 3 is 2.88 bits per heavy atom. The summed E-state index contributed by atoms with van der Waals surface area (Å²) in [7, 11) is 0. The lowest BCUT2D eigenvalue weighted by atomic mass is 10.2. The average Bonchev–Trinajstić information content (AvgIpc) is 2.34. The number of amides is 1. The van der Waals surface area contributed by atoms with Crippen molar-refractivity contribution in [3.63, 3.8) is 0 Å². The van der Waals surface area contributed by atoms with Gasteiger partial charge in [0.15, 0.2) is 0 Å². The molecule has 1 aromatic carbocycles. The summed E-state index contributed by atoms with van der Waals surface area (Å²) in [6, 6.07) is 7.85. The third-order valence-electron chi connectivity index (χ3n) is 2.37. The summed E-state index contributed by atoms with van der Waals surface area (Å²) in [5.41, 5.74) is 6.40. The molecule has 1 aromatic rings. The molecular weight excluding hydrogens is 216 g/mol. The molecule has 0 aliphatic carbocycles. The molecule has 0 bridgehead atoms. The molecular formula is C13H20N2O2. The molecule has 0 fully saturated rings. The highest BCUT2D eigenvalue weighted by Crippen LogP contribution is 2.16. The van der Waals surface area contributed by atoms with Gasteiger partial charge in [-0.05, 0) is 25.0 Å². The number of ether oxygens (including phenoxy) is 1. The van der Waals surface area contributed by atoms with Crippen molar-refractivity contribution in [3.8, 4) is 5.75 Å². The van der Waals surface area contributed by atoms with Crippen LogP contribution in [0, 0.1) is 6.92 Å². The van der Waals surface area contributed by atoms with E-state index in [-0.39, 0.29) is 5.91 Å². The minimum Gasteiger partial charge on any atom is -0.493 e. The van der Waals surface area contributed by atoms with E-state index in [1.165, 1.54) is 0 Å². The number of nitrogens with two attached hydrogens (primary N) is 1. The molecule has 1 rings (SSSR count). The standard InChI is InChI=1S/C13H20N2O2/c1-11-5-2-3-6-12(11)17-10-4-7-13(16)15-9-8-14/h2-3,5-6H,4,7-10,14H2,1H3,(H,15,16). The normalized spacial score (nSPS) is 10.0. The maximum Gasteiger partial charge on any atom is 0.220 e. The van der Waals surface area contributed by atoms with Gasteiger partial charge < -0.3 is 15.8 Å². The molecule has 0 aromatic heterocycles. The van der Waals surface area contributed by atoms with E-state index >= 15 is 0 Å². The summed E-state index contributed by atoms with van der Waals surface area (Å²) < 4.78 is 5.59. The zero-order valence-electron chi connectivity index (χ0n) is 10.2. The fraction of sp³-hybridized carbons (Fsp3) is 0.462. The van der Waals surface area contributed by atoms with E-state index in [2.05, 4.69) is 5.32 Å². The first-order valence-electron chi connectivity index (χ1n) is 5.89. The van der Waals surface area contributed by atoms with Crippen molar-refractivity contribution in [3.05, 3.63) is 29.8 Å². The zero-order valence-corrected chi connectivity index (χ0v) is 10.2. The van der Waals surface area contributed by atoms with Gasteiger partial charge in [0, 0.05) is 19.5 Å². The number of rotatable bonds is 7. The minimum absolute atomic E-state index is 0.0313. The van der Waals surface area contributed by atoms with Crippen molar-refractivity contribution in [1.82, 2.24) is 5.32 Å². The van der Waals surface area contributed by atoms with Gasteiger partial charge in [-0.3, -0.25) is 4.79 Å². The number of hydrogen-bond donors (Lipinski definition) is 2. The number of carbonyl (C=O) groups excluding carboxylic acids is 1. The van der Waals surface area contributed by atoms with Crippen molar-refractivity contribution < 1.29 is 9.53 Å². The third kappa shape index (κ3) is 5.36. The molecule has 0 atom stereocenters. The highest BCUT2D eigenvalue weighted by atomic mass is 16.5. The summed E-state index contributed by atoms with van der Waals surface area (Å²) in [6.45, 7) is 3.58. The Morgan fingerprint density at radius 1 is 1.41 bits per heavy atom. The fourth-order valence-electron chi connectivity index (χ4n) is 1.43. The van der Waals surface area contributed by atoms with E-state index in [9.17, 15) is 4.79 Å². The lowest BCUT2D eigenvalue weighted by Gasteiger charge is -2.08. The molecule has 1 amide bonds. The van der Waals surface area contributed by atoms with Gasteiger partial charge in [-0.25, -0.2) is 0 Å². The van der Waals surface area contributed by atoms with Crippen LogP contribution in [0.4, 0.5) is 0 Å². The van der Waals surface area contributed by atoms with Crippen LogP contribution < -0.4 is 15.8 Å². The summed E-state index contributed by atoms with van der Waals surface area (Å²) in [5, 5.41) is 2.72. The Bertz CT molecular complexity index is 353. The molecule has 0 heterocycles. The minimum atomic E-state index is 0.0313. The highest BCUT2D eigenvalue weighted by Gasteiger charge is 2.01. The van der Waals surface area contributed by atoms with Crippen LogP contribution in [0.2, 0.25) is 0 Å². The lowest BCUT2D eigenvalue weighted by Crippen LogP contribution is -2.29. The molecule has 0 aliphatic heterocycles. The quantitative estimate of drug-likeness (QED) is 0.700. The van der Waals surface area contributed by atoms with Crippen LogP contribution in [-0.2, 0) is 4.79 Å². The van der Waals surface area contributed by atoms with Gasteiger partial charge in [0.25, 0.3) is 0 Å². The first-order chi connectivity index (χ1) is 8.24. The van der Waals surface area contributed by atoms with Gasteiger partial charge >= 0.3 is 0 Å². The number of nitrogens with one attached hydrogen (secondary N) is 1. The molecule has 0 saturated carbocycles. The molecule has 4 nitrogen and oxygen atoms in total. The van der Waals surface area contributed by atoms with Crippen LogP contribution >= 0.6 is 0 Å². The Kier molecular flexibility index (Phi) is 6.10. The smallest absolute Gasteiger partial charge is 0.220 e. The molecule has 0 spiro atoms. The SMILES string of the molecule is Cc1ccccc1OCCCC(=O)NCCN. The number of hydrogen-bond acceptors (Lipinski definition) is 3. The first-order valence-corrected chi connectivity index (χ1v) is 5.89. The number of carbonyl (C=O) groups is 1. The van der Waals surface area contributed by atoms with Crippen LogP contribution in [0.25, 0.3) is 0 Å². The summed E-state index contributed by atoms with van der Waals surface area (Å²) >= 11 is 0. The van der Waals surface area contributed by atoms with Crippen LogP contribution in [0.1, 0.15) is 18.4 Å². The van der Waals surface area contributed by atoms with E-state index in [0.29, 0.717) is 32.5 Å². The predicted octanol–water partition coefficient (Wildman–Crippen LogP) is 1.23. The number of benzene rings is 1. The zero-order chi connectivity index (χ0) is 12.5. The van der Waals surface area contributed by atoms with Gasteiger partial charge in [-0.2, -0.15) is 0 Å². The maximum atomic E-state index is 11.3. The molecule has 17 heavy (non-hydrogen) atoms. The monoisotopic (exact) mass is 236 g/mol. The van der Waals surface area contributed by atoms with E-state index in [1.807, 2.05) is 31.2 Å². The Hall–Kier alpha value is -1.55. The largest absolute Gasteiger partial charge is 0.493 e. The second kappa shape index (κ2) is 7.68. The Labute approximate surface area is 102 Å². The second-order valence-corrected chi connectivity index (χ2v) is 3.86. The van der Waals surface area contributed by atoms with E-state index < -0.39 is 0 Å². The van der Waals surface area contributed by atoms with Crippen molar-refractivity contribution in [2.24, 2.45) is 5.73 Å². The first kappa shape index (κ1) is 13.5. The van der Waals surface area contributed by atoms with E-state index in [4.69, 9.17) is 10.5 Å². The van der Waals surface area contributed by atoms with Crippen LogP contribution in [0.5, 0.6) is 5.75 Å². The predicted molar refractivity (Wildman–Crippen MR) is 68.0 cm³/mol.